The predicted molar refractivity (Wildman–Crippen MR) is 101 cm³/mol. The maximum atomic E-state index is 12.2. The molecule has 10 nitrogen and oxygen atoms in total. The van der Waals surface area contributed by atoms with Crippen molar-refractivity contribution in [3.63, 3.8) is 0 Å². The van der Waals surface area contributed by atoms with Crippen LogP contribution in [0.4, 0.5) is 11.0 Å². The van der Waals surface area contributed by atoms with Gasteiger partial charge in [0, 0.05) is 11.6 Å². The molecular formula is C17H16N4O6S. The number of benzene rings is 1. The van der Waals surface area contributed by atoms with Gasteiger partial charge in [-0.05, 0) is 38.1 Å². The number of aromatic nitrogens is 2. The first-order chi connectivity index (χ1) is 13.5. The highest BCUT2D eigenvalue weighted by atomic mass is 32.1. The number of carbonyl (C=O) groups excluding carboxylic acids is 1. The van der Waals surface area contributed by atoms with Crippen LogP contribution in [0, 0.1) is 10.1 Å². The number of hydrogen-bond donors (Lipinski definition) is 1. The Morgan fingerprint density at radius 3 is 2.61 bits per heavy atom. The second-order valence-corrected chi connectivity index (χ2v) is 6.35. The molecule has 0 aliphatic heterocycles. The predicted octanol–water partition coefficient (Wildman–Crippen LogP) is 3.76. The molecule has 0 spiro atoms. The van der Waals surface area contributed by atoms with Gasteiger partial charge in [-0.15, -0.1) is 5.10 Å². The SMILES string of the molecule is CCOc1ccc(-c2nnc(NC(=O)c3ccc([N+](=O)[O-])s3)o2)cc1OCC. The molecule has 146 valence electrons. The summed E-state index contributed by atoms with van der Waals surface area (Å²) in [5.74, 6) is 0.739. The van der Waals surface area contributed by atoms with Crippen molar-refractivity contribution in [1.29, 1.82) is 0 Å². The number of nitrogens with zero attached hydrogens (tertiary/aromatic N) is 3. The van der Waals surface area contributed by atoms with Gasteiger partial charge in [-0.3, -0.25) is 20.2 Å². The second kappa shape index (κ2) is 8.48. The summed E-state index contributed by atoms with van der Waals surface area (Å²) in [6, 6.07) is 7.66. The van der Waals surface area contributed by atoms with Gasteiger partial charge in [-0.1, -0.05) is 16.4 Å². The van der Waals surface area contributed by atoms with Crippen molar-refractivity contribution in [2.45, 2.75) is 13.8 Å². The monoisotopic (exact) mass is 404 g/mol. The van der Waals surface area contributed by atoms with E-state index in [-0.39, 0.29) is 21.8 Å². The van der Waals surface area contributed by atoms with Gasteiger partial charge in [-0.2, -0.15) is 0 Å². The third-order valence-electron chi connectivity index (χ3n) is 3.43. The molecule has 0 saturated heterocycles. The Kier molecular flexibility index (Phi) is 5.84. The zero-order chi connectivity index (χ0) is 20.1. The van der Waals surface area contributed by atoms with E-state index in [1.54, 1.807) is 18.2 Å². The highest BCUT2D eigenvalue weighted by Crippen LogP contribution is 2.33. The highest BCUT2D eigenvalue weighted by molar-refractivity contribution is 7.17. The van der Waals surface area contributed by atoms with Gasteiger partial charge in [0.1, 0.15) is 0 Å². The van der Waals surface area contributed by atoms with Gasteiger partial charge < -0.3 is 13.9 Å². The number of ether oxygens (including phenoxy) is 2. The molecule has 1 aromatic carbocycles. The number of rotatable bonds is 8. The lowest BCUT2D eigenvalue weighted by molar-refractivity contribution is -0.380. The molecule has 1 amide bonds. The largest absolute Gasteiger partial charge is 0.490 e. The standard InChI is InChI=1S/C17H16N4O6S/c1-3-25-11-6-5-10(9-12(11)26-4-2)16-19-20-17(27-16)18-15(22)13-7-8-14(28-13)21(23)24/h5-9H,3-4H2,1-2H3,(H,18,20,22). The fraction of sp³-hybridized carbons (Fsp3) is 0.235. The van der Waals surface area contributed by atoms with E-state index in [9.17, 15) is 14.9 Å². The van der Waals surface area contributed by atoms with Crippen LogP contribution in [0.5, 0.6) is 11.5 Å². The Hall–Kier alpha value is -3.47. The van der Waals surface area contributed by atoms with E-state index in [0.29, 0.717) is 30.3 Å². The van der Waals surface area contributed by atoms with Gasteiger partial charge in [-0.25, -0.2) is 0 Å². The topological polar surface area (TPSA) is 130 Å². The minimum atomic E-state index is -0.574. The summed E-state index contributed by atoms with van der Waals surface area (Å²) in [4.78, 5) is 22.5. The summed E-state index contributed by atoms with van der Waals surface area (Å²) >= 11 is 0.754. The molecule has 0 fully saturated rings. The lowest BCUT2D eigenvalue weighted by Crippen LogP contribution is -2.10. The minimum Gasteiger partial charge on any atom is -0.490 e. The van der Waals surface area contributed by atoms with Gasteiger partial charge in [0.15, 0.2) is 11.5 Å². The fourth-order valence-corrected chi connectivity index (χ4v) is 3.00. The fourth-order valence-electron chi connectivity index (χ4n) is 2.28. The number of thiophene rings is 1. The molecule has 0 unspecified atom stereocenters. The van der Waals surface area contributed by atoms with Crippen molar-refractivity contribution in [3.8, 4) is 23.0 Å². The van der Waals surface area contributed by atoms with Crippen LogP contribution in [0.1, 0.15) is 23.5 Å². The molecule has 3 rings (SSSR count). The molecule has 3 aromatic rings. The summed E-state index contributed by atoms with van der Waals surface area (Å²) in [6.07, 6.45) is 0. The van der Waals surface area contributed by atoms with Crippen molar-refractivity contribution < 1.29 is 23.6 Å². The van der Waals surface area contributed by atoms with Crippen LogP contribution in [0.25, 0.3) is 11.5 Å². The van der Waals surface area contributed by atoms with Crippen LogP contribution in [0.3, 0.4) is 0 Å². The summed E-state index contributed by atoms with van der Waals surface area (Å²) in [6.45, 7) is 4.69. The molecule has 1 N–H and O–H groups in total. The van der Waals surface area contributed by atoms with Crippen molar-refractivity contribution >= 4 is 28.3 Å². The number of anilines is 1. The van der Waals surface area contributed by atoms with E-state index in [1.807, 2.05) is 13.8 Å². The Balaban J connectivity index is 1.76. The Morgan fingerprint density at radius 1 is 1.18 bits per heavy atom. The molecule has 11 heteroatoms. The average Bonchev–Trinajstić information content (AvgIpc) is 3.33. The van der Waals surface area contributed by atoms with E-state index in [0.717, 1.165) is 11.3 Å². The minimum absolute atomic E-state index is 0.122. The van der Waals surface area contributed by atoms with Crippen LogP contribution in [-0.2, 0) is 0 Å². The third-order valence-corrected chi connectivity index (χ3v) is 4.47. The lowest BCUT2D eigenvalue weighted by atomic mass is 10.2. The normalized spacial score (nSPS) is 10.5. The van der Waals surface area contributed by atoms with Crippen molar-refractivity contribution in [2.24, 2.45) is 0 Å². The van der Waals surface area contributed by atoms with E-state index < -0.39 is 10.8 Å². The molecule has 0 saturated carbocycles. The van der Waals surface area contributed by atoms with Crippen LogP contribution < -0.4 is 14.8 Å². The first-order valence-electron chi connectivity index (χ1n) is 8.31. The van der Waals surface area contributed by atoms with E-state index >= 15 is 0 Å². The molecule has 2 aromatic heterocycles. The average molecular weight is 404 g/mol. The van der Waals surface area contributed by atoms with Gasteiger partial charge in [0.05, 0.1) is 23.0 Å². The number of hydrogen-bond acceptors (Lipinski definition) is 9. The van der Waals surface area contributed by atoms with E-state index in [1.165, 1.54) is 12.1 Å². The Bertz CT molecular complexity index is 999. The smallest absolute Gasteiger partial charge is 0.324 e. The van der Waals surface area contributed by atoms with Gasteiger partial charge in [0.2, 0.25) is 5.89 Å². The van der Waals surface area contributed by atoms with Crippen molar-refractivity contribution in [2.75, 3.05) is 18.5 Å². The van der Waals surface area contributed by atoms with Crippen LogP contribution in [-0.4, -0.2) is 34.2 Å². The zero-order valence-corrected chi connectivity index (χ0v) is 15.8. The first-order valence-corrected chi connectivity index (χ1v) is 9.12. The number of nitrogens with one attached hydrogen (secondary N) is 1. The lowest BCUT2D eigenvalue weighted by Gasteiger charge is -2.11. The molecule has 0 atom stereocenters. The molecule has 2 heterocycles. The third kappa shape index (κ3) is 4.26. The maximum absolute atomic E-state index is 12.2. The summed E-state index contributed by atoms with van der Waals surface area (Å²) in [5, 5.41) is 20.7. The number of amides is 1. The van der Waals surface area contributed by atoms with E-state index in [2.05, 4.69) is 15.5 Å². The molecule has 0 radical (unpaired) electrons. The number of carbonyl (C=O) groups is 1. The molecular weight excluding hydrogens is 388 g/mol. The van der Waals surface area contributed by atoms with Crippen molar-refractivity contribution in [3.05, 3.63) is 45.3 Å². The second-order valence-electron chi connectivity index (χ2n) is 5.29. The molecule has 0 aliphatic rings. The quantitative estimate of drug-likeness (QED) is 0.444. The first kappa shape index (κ1) is 19.3. The van der Waals surface area contributed by atoms with E-state index in [4.69, 9.17) is 13.9 Å². The zero-order valence-electron chi connectivity index (χ0n) is 15.0. The highest BCUT2D eigenvalue weighted by Gasteiger charge is 2.18. The van der Waals surface area contributed by atoms with Crippen LogP contribution >= 0.6 is 11.3 Å². The number of nitro groups is 1. The Morgan fingerprint density at radius 2 is 1.93 bits per heavy atom. The van der Waals surface area contributed by atoms with Crippen LogP contribution in [0.2, 0.25) is 0 Å². The van der Waals surface area contributed by atoms with Gasteiger partial charge in [0.25, 0.3) is 5.91 Å². The maximum Gasteiger partial charge on any atom is 0.324 e. The molecule has 28 heavy (non-hydrogen) atoms. The van der Waals surface area contributed by atoms with Gasteiger partial charge >= 0.3 is 11.0 Å². The molecule has 0 bridgehead atoms. The Labute approximate surface area is 163 Å². The summed E-state index contributed by atoms with van der Waals surface area (Å²) < 4.78 is 16.5. The molecule has 0 aliphatic carbocycles. The summed E-state index contributed by atoms with van der Waals surface area (Å²) in [7, 11) is 0. The van der Waals surface area contributed by atoms with Crippen LogP contribution in [0.15, 0.2) is 34.7 Å². The van der Waals surface area contributed by atoms with Crippen molar-refractivity contribution in [1.82, 2.24) is 10.2 Å². The summed E-state index contributed by atoms with van der Waals surface area (Å²) in [5.41, 5.74) is 0.590.